The van der Waals surface area contributed by atoms with Crippen molar-refractivity contribution < 1.29 is 14.7 Å². The summed E-state index contributed by atoms with van der Waals surface area (Å²) in [5.41, 5.74) is 2.96. The molecule has 7 heteroatoms. The van der Waals surface area contributed by atoms with Gasteiger partial charge in [-0.25, -0.2) is 14.6 Å². The minimum atomic E-state index is -1.13. The Morgan fingerprint density at radius 3 is 1.71 bits per heavy atom. The molecule has 0 aliphatic heterocycles. The van der Waals surface area contributed by atoms with Gasteiger partial charge in [-0.2, -0.15) is 0 Å². The molecule has 1 fully saturated rings. The lowest BCUT2D eigenvalue weighted by Gasteiger charge is -2.42. The number of aromatic nitrogens is 2. The van der Waals surface area contributed by atoms with Crippen LogP contribution in [-0.4, -0.2) is 38.7 Å². The summed E-state index contributed by atoms with van der Waals surface area (Å²) in [4.78, 5) is 30.5. The van der Waals surface area contributed by atoms with Crippen LogP contribution in [0.5, 0.6) is 0 Å². The van der Waals surface area contributed by atoms with E-state index in [-0.39, 0.29) is 12.5 Å². The highest BCUT2D eigenvalue weighted by Crippen LogP contribution is 2.41. The van der Waals surface area contributed by atoms with E-state index >= 15 is 0 Å². The van der Waals surface area contributed by atoms with E-state index in [2.05, 4.69) is 79.3 Å². The Morgan fingerprint density at radius 1 is 0.822 bits per heavy atom. The molecule has 2 amide bonds. The van der Waals surface area contributed by atoms with Gasteiger partial charge in [0.05, 0.1) is 12.0 Å². The van der Waals surface area contributed by atoms with E-state index in [1.54, 1.807) is 6.33 Å². The van der Waals surface area contributed by atoms with Crippen LogP contribution in [0.3, 0.4) is 0 Å². The van der Waals surface area contributed by atoms with Gasteiger partial charge in [0.1, 0.15) is 11.6 Å². The maximum absolute atomic E-state index is 13.4. The number of nitrogens with zero attached hydrogens (tertiary/aromatic N) is 2. The summed E-state index contributed by atoms with van der Waals surface area (Å²) >= 11 is 0. The van der Waals surface area contributed by atoms with Gasteiger partial charge < -0.3 is 20.3 Å². The topological polar surface area (TPSA) is 96.3 Å². The van der Waals surface area contributed by atoms with Crippen LogP contribution >= 0.6 is 0 Å². The molecule has 5 rings (SSSR count). The standard InChI is InChI=1S/C38H46N4O3/c1-26(2)32-21-14-22-33(27(3)4)35(32)41-37(45)40-34(36(43)44)23-31-24-42(25-39-31)38(28-15-8-5-9-16-28,29-17-10-6-11-18-29)30-19-12-7-13-20-30/h5-13,15-20,24-27,32-35H,14,21-23H2,1-4H3,(H,43,44)(H2,40,41,45). The number of imidazole rings is 1. The molecule has 1 aliphatic carbocycles. The van der Waals surface area contributed by atoms with Crippen molar-refractivity contribution in [3.05, 3.63) is 126 Å². The SMILES string of the molecule is CC(C)C1CCCC(C(C)C)C1NC(=O)NC(Cc1cn(C(c2ccccc2)(c2ccccc2)c2ccccc2)cn1)C(=O)O. The van der Waals surface area contributed by atoms with Crippen molar-refractivity contribution in [2.45, 2.75) is 71.0 Å². The molecular weight excluding hydrogens is 560 g/mol. The van der Waals surface area contributed by atoms with Crippen molar-refractivity contribution in [2.75, 3.05) is 0 Å². The number of benzene rings is 3. The predicted octanol–water partition coefficient (Wildman–Crippen LogP) is 7.12. The summed E-state index contributed by atoms with van der Waals surface area (Å²) in [6.45, 7) is 8.82. The quantitative estimate of drug-likeness (QED) is 0.159. The minimum absolute atomic E-state index is 0.00985. The molecule has 4 aromatic rings. The summed E-state index contributed by atoms with van der Waals surface area (Å²) < 4.78 is 2.06. The largest absolute Gasteiger partial charge is 0.480 e. The van der Waals surface area contributed by atoms with Crippen LogP contribution in [0.15, 0.2) is 104 Å². The fourth-order valence-electron chi connectivity index (χ4n) is 7.37. The number of hydrogen-bond donors (Lipinski definition) is 3. The van der Waals surface area contributed by atoms with E-state index in [1.165, 1.54) is 0 Å². The lowest BCUT2D eigenvalue weighted by Crippen LogP contribution is -2.56. The highest BCUT2D eigenvalue weighted by molar-refractivity contribution is 5.82. The van der Waals surface area contributed by atoms with Crippen LogP contribution in [0.1, 0.15) is 69.3 Å². The van der Waals surface area contributed by atoms with Gasteiger partial charge in [0.15, 0.2) is 0 Å². The minimum Gasteiger partial charge on any atom is -0.480 e. The molecule has 0 bridgehead atoms. The number of carbonyl (C=O) groups excluding carboxylic acids is 1. The molecular formula is C38H46N4O3. The summed E-state index contributed by atoms with van der Waals surface area (Å²) in [5.74, 6) is 0.478. The normalized spacial score (nSPS) is 19.3. The average molecular weight is 607 g/mol. The second kappa shape index (κ2) is 14.1. The third kappa shape index (κ3) is 6.82. The van der Waals surface area contributed by atoms with Crippen LogP contribution in [0.4, 0.5) is 4.79 Å². The van der Waals surface area contributed by atoms with Crippen LogP contribution in [0, 0.1) is 23.7 Å². The summed E-state index contributed by atoms with van der Waals surface area (Å²) in [5, 5.41) is 16.2. The molecule has 3 N–H and O–H groups in total. The fraction of sp³-hybridized carbons (Fsp3) is 0.395. The first-order valence-corrected chi connectivity index (χ1v) is 16.2. The molecule has 1 heterocycles. The molecule has 45 heavy (non-hydrogen) atoms. The molecule has 0 saturated heterocycles. The van der Waals surface area contributed by atoms with E-state index in [4.69, 9.17) is 4.98 Å². The smallest absolute Gasteiger partial charge is 0.326 e. The Morgan fingerprint density at radius 2 is 1.29 bits per heavy atom. The Bertz CT molecular complexity index is 1420. The first-order valence-electron chi connectivity index (χ1n) is 16.2. The number of carbonyl (C=O) groups is 2. The Balaban J connectivity index is 1.45. The van der Waals surface area contributed by atoms with Crippen molar-refractivity contribution >= 4 is 12.0 Å². The molecule has 1 aliphatic rings. The fourth-order valence-corrected chi connectivity index (χ4v) is 7.37. The van der Waals surface area contributed by atoms with E-state index in [9.17, 15) is 14.7 Å². The summed E-state index contributed by atoms with van der Waals surface area (Å²) in [6, 6.07) is 29.2. The number of carboxylic acids is 1. The highest BCUT2D eigenvalue weighted by Gasteiger charge is 2.40. The van der Waals surface area contributed by atoms with Gasteiger partial charge in [0.2, 0.25) is 0 Å². The predicted molar refractivity (Wildman–Crippen MR) is 178 cm³/mol. The molecule has 0 radical (unpaired) electrons. The van der Waals surface area contributed by atoms with Crippen molar-refractivity contribution in [3.8, 4) is 0 Å². The zero-order valence-electron chi connectivity index (χ0n) is 26.8. The third-order valence-electron chi connectivity index (χ3n) is 9.62. The van der Waals surface area contributed by atoms with Crippen molar-refractivity contribution in [3.63, 3.8) is 0 Å². The van der Waals surface area contributed by atoms with E-state index in [0.29, 0.717) is 29.4 Å². The lowest BCUT2D eigenvalue weighted by atomic mass is 9.68. The second-order valence-corrected chi connectivity index (χ2v) is 13.1. The zero-order valence-corrected chi connectivity index (χ0v) is 26.8. The molecule has 3 unspecified atom stereocenters. The van der Waals surface area contributed by atoms with Crippen LogP contribution in [0.25, 0.3) is 0 Å². The zero-order chi connectivity index (χ0) is 32.0. The van der Waals surface area contributed by atoms with E-state index < -0.39 is 23.6 Å². The average Bonchev–Trinajstić information content (AvgIpc) is 3.51. The number of amides is 2. The van der Waals surface area contributed by atoms with E-state index in [1.807, 2.05) is 60.8 Å². The van der Waals surface area contributed by atoms with Crippen LogP contribution < -0.4 is 10.6 Å². The van der Waals surface area contributed by atoms with Gasteiger partial charge in [0.25, 0.3) is 0 Å². The maximum atomic E-state index is 13.4. The molecule has 1 saturated carbocycles. The second-order valence-electron chi connectivity index (χ2n) is 13.1. The number of aliphatic carboxylic acids is 1. The van der Waals surface area contributed by atoms with Crippen LogP contribution in [0.2, 0.25) is 0 Å². The molecule has 7 nitrogen and oxygen atoms in total. The van der Waals surface area contributed by atoms with Crippen molar-refractivity contribution in [1.82, 2.24) is 20.2 Å². The monoisotopic (exact) mass is 606 g/mol. The van der Waals surface area contributed by atoms with E-state index in [0.717, 1.165) is 36.0 Å². The van der Waals surface area contributed by atoms with Gasteiger partial charge >= 0.3 is 12.0 Å². The number of urea groups is 1. The first-order chi connectivity index (χ1) is 21.7. The molecule has 0 spiro atoms. The Labute approximate surface area is 267 Å². The number of carboxylic acid groups (broad SMARTS) is 1. The summed E-state index contributed by atoms with van der Waals surface area (Å²) in [6.07, 6.45) is 7.02. The number of nitrogens with one attached hydrogen (secondary N) is 2. The molecule has 3 atom stereocenters. The van der Waals surface area contributed by atoms with Gasteiger partial charge in [-0.15, -0.1) is 0 Å². The number of rotatable bonds is 11. The van der Waals surface area contributed by atoms with Gasteiger partial charge in [0, 0.05) is 18.7 Å². The summed E-state index contributed by atoms with van der Waals surface area (Å²) in [7, 11) is 0. The number of hydrogen-bond acceptors (Lipinski definition) is 3. The highest BCUT2D eigenvalue weighted by atomic mass is 16.4. The van der Waals surface area contributed by atoms with Crippen molar-refractivity contribution in [1.29, 1.82) is 0 Å². The molecule has 236 valence electrons. The van der Waals surface area contributed by atoms with Gasteiger partial charge in [-0.05, 0) is 53.2 Å². The van der Waals surface area contributed by atoms with Crippen molar-refractivity contribution in [2.24, 2.45) is 23.7 Å². The third-order valence-corrected chi connectivity index (χ3v) is 9.62. The maximum Gasteiger partial charge on any atom is 0.326 e. The first kappa shape index (κ1) is 32.0. The lowest BCUT2D eigenvalue weighted by molar-refractivity contribution is -0.139. The van der Waals surface area contributed by atoms with Crippen LogP contribution in [-0.2, 0) is 16.8 Å². The molecule has 3 aromatic carbocycles. The Kier molecular flexibility index (Phi) is 10.1. The van der Waals surface area contributed by atoms with Gasteiger partial charge in [-0.3, -0.25) is 0 Å². The van der Waals surface area contributed by atoms with Gasteiger partial charge in [-0.1, -0.05) is 125 Å². The Hall–Kier alpha value is -4.39. The molecule has 1 aromatic heterocycles.